The third-order valence-electron chi connectivity index (χ3n) is 4.86. The van der Waals surface area contributed by atoms with Crippen molar-refractivity contribution < 1.29 is 18.8 Å². The molecule has 2 aromatic rings. The standard InChI is InChI=1S/C21H22FN3O3/c1-13(2)14-4-6-15(7-5-14)21(3)19(27)25(20(28)24-21)12-18(26)23-17-10-8-16(22)9-11-17/h4-11,13H,12H2,1-3H3,(H,23,26)(H,24,28)/t21-/m1/s1. The lowest BCUT2D eigenvalue weighted by Gasteiger charge is -2.22. The minimum absolute atomic E-state index is 0.349. The lowest BCUT2D eigenvalue weighted by molar-refractivity contribution is -0.133. The topological polar surface area (TPSA) is 78.5 Å². The summed E-state index contributed by atoms with van der Waals surface area (Å²) in [6, 6.07) is 12.1. The van der Waals surface area contributed by atoms with Gasteiger partial charge < -0.3 is 10.6 Å². The van der Waals surface area contributed by atoms with E-state index in [9.17, 15) is 18.8 Å². The number of urea groups is 1. The van der Waals surface area contributed by atoms with Crippen LogP contribution in [0.15, 0.2) is 48.5 Å². The maximum atomic E-state index is 13.0. The average Bonchev–Trinajstić information content (AvgIpc) is 2.88. The molecule has 146 valence electrons. The van der Waals surface area contributed by atoms with Crippen LogP contribution < -0.4 is 10.6 Å². The molecule has 1 fully saturated rings. The van der Waals surface area contributed by atoms with E-state index in [-0.39, 0.29) is 0 Å². The highest BCUT2D eigenvalue weighted by molar-refractivity contribution is 6.10. The Balaban J connectivity index is 1.73. The summed E-state index contributed by atoms with van der Waals surface area (Å²) in [5, 5.41) is 5.22. The number of nitrogens with one attached hydrogen (secondary N) is 2. The van der Waals surface area contributed by atoms with Gasteiger partial charge >= 0.3 is 6.03 Å². The number of imide groups is 1. The number of hydrogen-bond acceptors (Lipinski definition) is 3. The summed E-state index contributed by atoms with van der Waals surface area (Å²) in [4.78, 5) is 38.4. The molecule has 1 heterocycles. The van der Waals surface area contributed by atoms with Crippen LogP contribution in [0.3, 0.4) is 0 Å². The Morgan fingerprint density at radius 1 is 1.11 bits per heavy atom. The minimum Gasteiger partial charge on any atom is -0.325 e. The second kappa shape index (κ2) is 7.42. The number of nitrogens with zero attached hydrogens (tertiary/aromatic N) is 1. The quantitative estimate of drug-likeness (QED) is 0.777. The predicted octanol–water partition coefficient (Wildman–Crippen LogP) is 3.35. The third kappa shape index (κ3) is 3.74. The normalized spacial score (nSPS) is 19.1. The van der Waals surface area contributed by atoms with E-state index in [1.165, 1.54) is 24.3 Å². The molecule has 0 saturated carbocycles. The minimum atomic E-state index is -1.23. The second-order valence-electron chi connectivity index (χ2n) is 7.28. The van der Waals surface area contributed by atoms with E-state index in [4.69, 9.17) is 0 Å². The van der Waals surface area contributed by atoms with Crippen molar-refractivity contribution >= 4 is 23.5 Å². The number of anilines is 1. The highest BCUT2D eigenvalue weighted by Gasteiger charge is 2.49. The van der Waals surface area contributed by atoms with Gasteiger partial charge in [-0.2, -0.15) is 0 Å². The molecule has 7 heteroatoms. The number of hydrogen-bond donors (Lipinski definition) is 2. The summed E-state index contributed by atoms with van der Waals surface area (Å²) in [5.41, 5.74) is 0.921. The van der Waals surface area contributed by atoms with Gasteiger partial charge in [0.2, 0.25) is 5.91 Å². The molecule has 0 unspecified atom stereocenters. The van der Waals surface area contributed by atoms with E-state index in [0.717, 1.165) is 10.5 Å². The Hall–Kier alpha value is -3.22. The van der Waals surface area contributed by atoms with Crippen LogP contribution in [0.4, 0.5) is 14.9 Å². The van der Waals surface area contributed by atoms with E-state index >= 15 is 0 Å². The summed E-state index contributed by atoms with van der Waals surface area (Å²) in [6.45, 7) is 5.33. The molecule has 0 spiro atoms. The van der Waals surface area contributed by atoms with Gasteiger partial charge in [0.1, 0.15) is 17.9 Å². The van der Waals surface area contributed by atoms with Gasteiger partial charge in [-0.15, -0.1) is 0 Å². The third-order valence-corrected chi connectivity index (χ3v) is 4.86. The first-order valence-electron chi connectivity index (χ1n) is 9.00. The fourth-order valence-corrected chi connectivity index (χ4v) is 3.11. The molecule has 2 aromatic carbocycles. The van der Waals surface area contributed by atoms with Gasteiger partial charge in [-0.3, -0.25) is 14.5 Å². The van der Waals surface area contributed by atoms with Gasteiger partial charge in [-0.25, -0.2) is 9.18 Å². The van der Waals surface area contributed by atoms with Gasteiger partial charge in [-0.05, 0) is 48.2 Å². The van der Waals surface area contributed by atoms with Crippen molar-refractivity contribution in [3.63, 3.8) is 0 Å². The van der Waals surface area contributed by atoms with Crippen LogP contribution in [0.25, 0.3) is 0 Å². The average molecular weight is 383 g/mol. The lowest BCUT2D eigenvalue weighted by Crippen LogP contribution is -2.42. The molecule has 1 aliphatic rings. The van der Waals surface area contributed by atoms with Crippen LogP contribution >= 0.6 is 0 Å². The van der Waals surface area contributed by atoms with Gasteiger partial charge in [0, 0.05) is 5.69 Å². The van der Waals surface area contributed by atoms with Crippen LogP contribution in [0, 0.1) is 5.82 Å². The van der Waals surface area contributed by atoms with E-state index in [1.807, 2.05) is 24.3 Å². The van der Waals surface area contributed by atoms with Crippen LogP contribution in [0.2, 0.25) is 0 Å². The lowest BCUT2D eigenvalue weighted by atomic mass is 9.90. The highest BCUT2D eigenvalue weighted by atomic mass is 19.1. The maximum Gasteiger partial charge on any atom is 0.325 e. The van der Waals surface area contributed by atoms with E-state index in [2.05, 4.69) is 24.5 Å². The van der Waals surface area contributed by atoms with Crippen molar-refractivity contribution in [1.29, 1.82) is 0 Å². The van der Waals surface area contributed by atoms with Crippen molar-refractivity contribution in [2.75, 3.05) is 11.9 Å². The van der Waals surface area contributed by atoms with Gasteiger partial charge in [0.15, 0.2) is 0 Å². The molecule has 4 amide bonds. The number of benzene rings is 2. The maximum absolute atomic E-state index is 13.0. The van der Waals surface area contributed by atoms with Crippen molar-refractivity contribution in [2.45, 2.75) is 32.2 Å². The summed E-state index contributed by atoms with van der Waals surface area (Å²) < 4.78 is 13.0. The molecule has 0 bridgehead atoms. The summed E-state index contributed by atoms with van der Waals surface area (Å²) in [7, 11) is 0. The van der Waals surface area contributed by atoms with E-state index < -0.39 is 35.7 Å². The molecular formula is C21H22FN3O3. The first kappa shape index (κ1) is 19.5. The van der Waals surface area contributed by atoms with Crippen LogP contribution in [0.5, 0.6) is 0 Å². The van der Waals surface area contributed by atoms with E-state index in [1.54, 1.807) is 6.92 Å². The molecule has 2 N–H and O–H groups in total. The van der Waals surface area contributed by atoms with E-state index in [0.29, 0.717) is 17.2 Å². The Bertz CT molecular complexity index is 909. The molecule has 0 radical (unpaired) electrons. The first-order valence-corrected chi connectivity index (χ1v) is 9.00. The summed E-state index contributed by atoms with van der Waals surface area (Å²) in [6.07, 6.45) is 0. The number of amides is 4. The zero-order chi connectivity index (χ0) is 20.5. The Labute approximate surface area is 162 Å². The monoisotopic (exact) mass is 383 g/mol. The predicted molar refractivity (Wildman–Crippen MR) is 103 cm³/mol. The van der Waals surface area contributed by atoms with Crippen LogP contribution in [-0.4, -0.2) is 29.3 Å². The van der Waals surface area contributed by atoms with Crippen LogP contribution in [-0.2, 0) is 15.1 Å². The Morgan fingerprint density at radius 2 is 1.71 bits per heavy atom. The van der Waals surface area contributed by atoms with Crippen molar-refractivity contribution in [2.24, 2.45) is 0 Å². The highest BCUT2D eigenvalue weighted by Crippen LogP contribution is 2.30. The Morgan fingerprint density at radius 3 is 2.29 bits per heavy atom. The number of halogens is 1. The smallest absolute Gasteiger partial charge is 0.325 e. The number of carbonyl (C=O) groups is 3. The molecule has 28 heavy (non-hydrogen) atoms. The molecule has 1 saturated heterocycles. The molecule has 3 rings (SSSR count). The molecule has 1 aliphatic heterocycles. The van der Waals surface area contributed by atoms with Crippen molar-refractivity contribution in [1.82, 2.24) is 10.2 Å². The molecular weight excluding hydrogens is 361 g/mol. The second-order valence-corrected chi connectivity index (χ2v) is 7.28. The summed E-state index contributed by atoms with van der Waals surface area (Å²) >= 11 is 0. The van der Waals surface area contributed by atoms with Crippen LogP contribution in [0.1, 0.15) is 37.8 Å². The fourth-order valence-electron chi connectivity index (χ4n) is 3.11. The van der Waals surface area contributed by atoms with Gasteiger partial charge in [0.05, 0.1) is 0 Å². The molecule has 6 nitrogen and oxygen atoms in total. The molecule has 0 aliphatic carbocycles. The number of rotatable bonds is 5. The zero-order valence-corrected chi connectivity index (χ0v) is 16.0. The zero-order valence-electron chi connectivity index (χ0n) is 16.0. The van der Waals surface area contributed by atoms with Gasteiger partial charge in [-0.1, -0.05) is 38.1 Å². The molecule has 0 aromatic heterocycles. The molecule has 1 atom stereocenters. The van der Waals surface area contributed by atoms with Crippen molar-refractivity contribution in [3.8, 4) is 0 Å². The van der Waals surface area contributed by atoms with Gasteiger partial charge in [0.25, 0.3) is 5.91 Å². The Kier molecular flexibility index (Phi) is 5.18. The first-order chi connectivity index (χ1) is 13.2. The summed E-state index contributed by atoms with van der Waals surface area (Å²) in [5.74, 6) is -1.12. The fraction of sp³-hybridized carbons (Fsp3) is 0.286. The number of carbonyl (C=O) groups excluding carboxylic acids is 3. The SMILES string of the molecule is CC(C)c1ccc([C@@]2(C)NC(=O)N(CC(=O)Nc3ccc(F)cc3)C2=O)cc1. The largest absolute Gasteiger partial charge is 0.325 e. The van der Waals surface area contributed by atoms with Crippen molar-refractivity contribution in [3.05, 3.63) is 65.5 Å².